The molecule has 0 radical (unpaired) electrons. The lowest BCUT2D eigenvalue weighted by Gasteiger charge is -1.98. The highest BCUT2D eigenvalue weighted by molar-refractivity contribution is 9.08. The van der Waals surface area contributed by atoms with E-state index in [0.717, 1.165) is 15.6 Å². The molecule has 0 atom stereocenters. The SMILES string of the molecule is Fc1csc2cc(CBr)cc(Cl)c12. The van der Waals surface area contributed by atoms with Crippen molar-refractivity contribution < 1.29 is 4.39 Å². The zero-order valence-corrected chi connectivity index (χ0v) is 9.64. The lowest BCUT2D eigenvalue weighted by molar-refractivity contribution is 0.644. The standard InChI is InChI=1S/C9H5BrClFS/c10-3-5-1-6(11)9-7(12)4-13-8(9)2-5/h1-2,4H,3H2. The van der Waals surface area contributed by atoms with Gasteiger partial charge in [0, 0.05) is 20.8 Å². The number of thiophene rings is 1. The van der Waals surface area contributed by atoms with Gasteiger partial charge in [-0.2, -0.15) is 0 Å². The maximum Gasteiger partial charge on any atom is 0.143 e. The quantitative estimate of drug-likeness (QED) is 0.670. The molecule has 4 heteroatoms. The van der Waals surface area contributed by atoms with E-state index in [9.17, 15) is 4.39 Å². The highest BCUT2D eigenvalue weighted by Gasteiger charge is 2.08. The second kappa shape index (κ2) is 3.56. The van der Waals surface area contributed by atoms with Crippen LogP contribution >= 0.6 is 38.9 Å². The van der Waals surface area contributed by atoms with Gasteiger partial charge in [0.15, 0.2) is 0 Å². The molecule has 0 saturated heterocycles. The minimum Gasteiger partial charge on any atom is -0.205 e. The van der Waals surface area contributed by atoms with Crippen LogP contribution in [0.15, 0.2) is 17.5 Å². The molecule has 0 aliphatic rings. The number of fused-ring (bicyclic) bond motifs is 1. The van der Waals surface area contributed by atoms with Crippen molar-refractivity contribution in [3.8, 4) is 0 Å². The molecule has 0 nitrogen and oxygen atoms in total. The van der Waals surface area contributed by atoms with Crippen LogP contribution in [0.25, 0.3) is 10.1 Å². The normalized spacial score (nSPS) is 11.0. The fraction of sp³-hybridized carbons (Fsp3) is 0.111. The zero-order chi connectivity index (χ0) is 9.42. The zero-order valence-electron chi connectivity index (χ0n) is 6.48. The third-order valence-electron chi connectivity index (χ3n) is 1.80. The molecule has 2 aromatic rings. The van der Waals surface area contributed by atoms with Crippen LogP contribution in [-0.4, -0.2) is 0 Å². The van der Waals surface area contributed by atoms with E-state index < -0.39 is 0 Å². The van der Waals surface area contributed by atoms with Gasteiger partial charge in [-0.1, -0.05) is 27.5 Å². The molecule has 0 unspecified atom stereocenters. The number of rotatable bonds is 1. The summed E-state index contributed by atoms with van der Waals surface area (Å²) in [6, 6.07) is 3.73. The summed E-state index contributed by atoms with van der Waals surface area (Å²) in [5.41, 5.74) is 1.07. The van der Waals surface area contributed by atoms with Crippen LogP contribution in [0.3, 0.4) is 0 Å². The van der Waals surface area contributed by atoms with Crippen LogP contribution in [0.1, 0.15) is 5.56 Å². The Morgan fingerprint density at radius 3 is 2.92 bits per heavy atom. The molecule has 1 heterocycles. The molecule has 1 aromatic heterocycles. The maximum atomic E-state index is 13.2. The van der Waals surface area contributed by atoms with Crippen molar-refractivity contribution in [2.75, 3.05) is 0 Å². The van der Waals surface area contributed by atoms with Crippen LogP contribution in [0.4, 0.5) is 4.39 Å². The predicted octanol–water partition coefficient (Wildman–Crippen LogP) is 4.59. The Balaban J connectivity index is 2.79. The van der Waals surface area contributed by atoms with Gasteiger partial charge >= 0.3 is 0 Å². The summed E-state index contributed by atoms with van der Waals surface area (Å²) < 4.78 is 14.1. The van der Waals surface area contributed by atoms with Crippen molar-refractivity contribution in [1.29, 1.82) is 0 Å². The Morgan fingerprint density at radius 1 is 1.46 bits per heavy atom. The summed E-state index contributed by atoms with van der Waals surface area (Å²) in [6.45, 7) is 0. The van der Waals surface area contributed by atoms with Crippen LogP contribution in [-0.2, 0) is 5.33 Å². The monoisotopic (exact) mass is 278 g/mol. The van der Waals surface area contributed by atoms with Crippen LogP contribution in [0.2, 0.25) is 5.02 Å². The van der Waals surface area contributed by atoms with Gasteiger partial charge < -0.3 is 0 Å². The Labute approximate surface area is 92.5 Å². The van der Waals surface area contributed by atoms with Crippen molar-refractivity contribution >= 4 is 49.0 Å². The number of halogens is 3. The van der Waals surface area contributed by atoms with Gasteiger partial charge in [-0.05, 0) is 17.7 Å². The average molecular weight is 280 g/mol. The summed E-state index contributed by atoms with van der Waals surface area (Å²) in [4.78, 5) is 0. The first kappa shape index (κ1) is 9.44. The summed E-state index contributed by atoms with van der Waals surface area (Å²) >= 11 is 10.6. The molecule has 0 spiro atoms. The van der Waals surface area contributed by atoms with Gasteiger partial charge in [-0.25, -0.2) is 4.39 Å². The highest BCUT2D eigenvalue weighted by Crippen LogP contribution is 2.32. The van der Waals surface area contributed by atoms with Crippen molar-refractivity contribution in [1.82, 2.24) is 0 Å². The van der Waals surface area contributed by atoms with Crippen molar-refractivity contribution in [3.63, 3.8) is 0 Å². The maximum absolute atomic E-state index is 13.2. The molecule has 0 aliphatic heterocycles. The fourth-order valence-corrected chi connectivity index (χ4v) is 2.82. The molecule has 0 aliphatic carbocycles. The van der Waals surface area contributed by atoms with Gasteiger partial charge in [0.05, 0.1) is 5.02 Å². The molecular formula is C9H5BrClFS. The number of hydrogen-bond donors (Lipinski definition) is 0. The Bertz CT molecular complexity index is 452. The van der Waals surface area contributed by atoms with E-state index in [1.165, 1.54) is 16.7 Å². The summed E-state index contributed by atoms with van der Waals surface area (Å²) in [7, 11) is 0. The van der Waals surface area contributed by atoms with Gasteiger partial charge in [0.25, 0.3) is 0 Å². The Morgan fingerprint density at radius 2 is 2.23 bits per heavy atom. The molecule has 1 aromatic carbocycles. The second-order valence-corrected chi connectivity index (χ2v) is 4.55. The third kappa shape index (κ3) is 1.60. The average Bonchev–Trinajstić information content (AvgIpc) is 2.48. The first-order chi connectivity index (χ1) is 6.22. The fourth-order valence-electron chi connectivity index (χ4n) is 1.21. The predicted molar refractivity (Wildman–Crippen MR) is 59.4 cm³/mol. The Kier molecular flexibility index (Phi) is 2.58. The number of hydrogen-bond acceptors (Lipinski definition) is 1. The van der Waals surface area contributed by atoms with E-state index >= 15 is 0 Å². The topological polar surface area (TPSA) is 0 Å². The lowest BCUT2D eigenvalue weighted by atomic mass is 10.2. The number of benzene rings is 1. The largest absolute Gasteiger partial charge is 0.205 e. The van der Waals surface area contributed by atoms with E-state index in [1.807, 2.05) is 6.07 Å². The van der Waals surface area contributed by atoms with Crippen LogP contribution < -0.4 is 0 Å². The molecule has 68 valence electrons. The first-order valence-electron chi connectivity index (χ1n) is 3.63. The lowest BCUT2D eigenvalue weighted by Crippen LogP contribution is -1.78. The van der Waals surface area contributed by atoms with E-state index in [1.54, 1.807) is 6.07 Å². The molecular weight excluding hydrogens is 275 g/mol. The van der Waals surface area contributed by atoms with Gasteiger partial charge in [0.1, 0.15) is 5.82 Å². The van der Waals surface area contributed by atoms with Crippen LogP contribution in [0.5, 0.6) is 0 Å². The summed E-state index contributed by atoms with van der Waals surface area (Å²) in [6.07, 6.45) is 0. The molecule has 2 rings (SSSR count). The molecule has 0 saturated carbocycles. The number of alkyl halides is 1. The van der Waals surface area contributed by atoms with Crippen LogP contribution in [0, 0.1) is 5.82 Å². The first-order valence-corrected chi connectivity index (χ1v) is 6.01. The molecule has 0 bridgehead atoms. The van der Waals surface area contributed by atoms with Gasteiger partial charge in [-0.15, -0.1) is 11.3 Å². The third-order valence-corrected chi connectivity index (χ3v) is 3.64. The van der Waals surface area contributed by atoms with Crippen molar-refractivity contribution in [3.05, 3.63) is 33.9 Å². The Hall–Kier alpha value is -0.120. The second-order valence-electron chi connectivity index (χ2n) is 2.67. The van der Waals surface area contributed by atoms with E-state index in [4.69, 9.17) is 11.6 Å². The van der Waals surface area contributed by atoms with E-state index in [2.05, 4.69) is 15.9 Å². The van der Waals surface area contributed by atoms with E-state index in [-0.39, 0.29) is 5.82 Å². The summed E-state index contributed by atoms with van der Waals surface area (Å²) in [5, 5.41) is 3.25. The highest BCUT2D eigenvalue weighted by atomic mass is 79.9. The van der Waals surface area contributed by atoms with E-state index in [0.29, 0.717) is 10.4 Å². The molecule has 0 amide bonds. The molecule has 0 fully saturated rings. The smallest absolute Gasteiger partial charge is 0.143 e. The summed E-state index contributed by atoms with van der Waals surface area (Å²) in [5.74, 6) is -0.230. The molecule has 0 N–H and O–H groups in total. The van der Waals surface area contributed by atoms with Gasteiger partial charge in [-0.3, -0.25) is 0 Å². The van der Waals surface area contributed by atoms with Crippen molar-refractivity contribution in [2.24, 2.45) is 0 Å². The van der Waals surface area contributed by atoms with Crippen molar-refractivity contribution in [2.45, 2.75) is 5.33 Å². The minimum atomic E-state index is -0.230. The van der Waals surface area contributed by atoms with Gasteiger partial charge in [0.2, 0.25) is 0 Å². The minimum absolute atomic E-state index is 0.230. The molecule has 13 heavy (non-hydrogen) atoms.